The third kappa shape index (κ3) is 3.72. The number of aliphatic hydroxyl groups excluding tert-OH is 2. The van der Waals surface area contributed by atoms with Crippen LogP contribution in [-0.4, -0.2) is 33.6 Å². The Morgan fingerprint density at radius 3 is 2.68 bits per heavy atom. The number of ether oxygens (including phenoxy) is 1. The van der Waals surface area contributed by atoms with E-state index in [9.17, 15) is 10.2 Å². The first-order chi connectivity index (χ1) is 13.6. The van der Waals surface area contributed by atoms with Crippen molar-refractivity contribution >= 4 is 10.9 Å². The molecule has 2 heterocycles. The van der Waals surface area contributed by atoms with Crippen LogP contribution in [0.2, 0.25) is 0 Å². The second kappa shape index (κ2) is 8.08. The van der Waals surface area contributed by atoms with Gasteiger partial charge in [-0.25, -0.2) is 0 Å². The molecule has 0 saturated carbocycles. The highest BCUT2D eigenvalue weighted by Gasteiger charge is 2.30. The molecule has 28 heavy (non-hydrogen) atoms. The summed E-state index contributed by atoms with van der Waals surface area (Å²) in [4.78, 5) is 0. The lowest BCUT2D eigenvalue weighted by molar-refractivity contribution is -0.140. The highest BCUT2D eigenvalue weighted by Crippen LogP contribution is 2.33. The van der Waals surface area contributed by atoms with Crippen molar-refractivity contribution in [3.05, 3.63) is 70.9 Å². The molecular formula is C24H29NO3. The monoisotopic (exact) mass is 379 g/mol. The van der Waals surface area contributed by atoms with Gasteiger partial charge in [0.25, 0.3) is 0 Å². The van der Waals surface area contributed by atoms with E-state index < -0.39 is 6.10 Å². The average Bonchev–Trinajstić information content (AvgIpc) is 3.06. The number of rotatable bonds is 5. The van der Waals surface area contributed by atoms with Gasteiger partial charge < -0.3 is 19.5 Å². The molecule has 0 radical (unpaired) electrons. The first-order valence-corrected chi connectivity index (χ1v) is 10.2. The van der Waals surface area contributed by atoms with Crippen molar-refractivity contribution in [3.8, 4) is 0 Å². The number of para-hydroxylation sites is 1. The molecule has 1 saturated heterocycles. The first kappa shape index (κ1) is 19.2. The van der Waals surface area contributed by atoms with Gasteiger partial charge in [0.05, 0.1) is 24.3 Å². The molecule has 1 aliphatic heterocycles. The molecule has 148 valence electrons. The molecule has 0 bridgehead atoms. The molecule has 1 aromatic heterocycles. The summed E-state index contributed by atoms with van der Waals surface area (Å²) in [7, 11) is 0. The topological polar surface area (TPSA) is 54.6 Å². The molecule has 4 heteroatoms. The van der Waals surface area contributed by atoms with E-state index in [2.05, 4.69) is 61.0 Å². The summed E-state index contributed by atoms with van der Waals surface area (Å²) in [6.07, 6.45) is 4.07. The van der Waals surface area contributed by atoms with Gasteiger partial charge in [0, 0.05) is 24.4 Å². The van der Waals surface area contributed by atoms with Crippen molar-refractivity contribution in [3.63, 3.8) is 0 Å². The van der Waals surface area contributed by atoms with Gasteiger partial charge in [-0.3, -0.25) is 0 Å². The molecule has 1 fully saturated rings. The van der Waals surface area contributed by atoms with Gasteiger partial charge in [-0.05, 0) is 48.1 Å². The van der Waals surface area contributed by atoms with Crippen LogP contribution in [0.4, 0.5) is 0 Å². The molecule has 2 aromatic carbocycles. The Kier molecular flexibility index (Phi) is 5.54. The van der Waals surface area contributed by atoms with Gasteiger partial charge >= 0.3 is 0 Å². The molecule has 3 atom stereocenters. The lowest BCUT2D eigenvalue weighted by Crippen LogP contribution is -2.35. The molecule has 2 N–H and O–H groups in total. The van der Waals surface area contributed by atoms with Gasteiger partial charge in [0.1, 0.15) is 6.23 Å². The molecule has 0 spiro atoms. The maximum absolute atomic E-state index is 10.2. The second-order valence-electron chi connectivity index (χ2n) is 7.89. The maximum atomic E-state index is 10.2. The fourth-order valence-electron chi connectivity index (χ4n) is 4.40. The van der Waals surface area contributed by atoms with E-state index >= 15 is 0 Å². The molecule has 0 aliphatic carbocycles. The Balaban J connectivity index is 1.69. The second-order valence-corrected chi connectivity index (χ2v) is 7.89. The van der Waals surface area contributed by atoms with E-state index in [0.717, 1.165) is 18.4 Å². The molecule has 0 amide bonds. The first-order valence-electron chi connectivity index (χ1n) is 10.2. The molecule has 4 nitrogen and oxygen atoms in total. The van der Waals surface area contributed by atoms with Gasteiger partial charge in [-0.1, -0.05) is 43.3 Å². The predicted molar refractivity (Wildman–Crippen MR) is 112 cm³/mol. The van der Waals surface area contributed by atoms with Crippen LogP contribution in [0.5, 0.6) is 0 Å². The smallest absolute Gasteiger partial charge is 0.136 e. The number of aryl methyl sites for hydroxylation is 2. The minimum Gasteiger partial charge on any atom is -0.394 e. The highest BCUT2D eigenvalue weighted by molar-refractivity contribution is 5.84. The van der Waals surface area contributed by atoms with Crippen LogP contribution in [0.3, 0.4) is 0 Å². The molecule has 3 aromatic rings. The minimum atomic E-state index is -0.454. The van der Waals surface area contributed by atoms with Crippen molar-refractivity contribution in [2.24, 2.45) is 0 Å². The summed E-state index contributed by atoms with van der Waals surface area (Å²) < 4.78 is 8.19. The lowest BCUT2D eigenvalue weighted by atomic mass is 9.99. The van der Waals surface area contributed by atoms with Gasteiger partial charge in [0.15, 0.2) is 0 Å². The number of fused-ring (bicyclic) bond motifs is 1. The molecule has 0 unspecified atom stereocenters. The Morgan fingerprint density at radius 1 is 1.11 bits per heavy atom. The van der Waals surface area contributed by atoms with E-state index in [1.165, 1.54) is 27.6 Å². The summed E-state index contributed by atoms with van der Waals surface area (Å²) in [6.45, 7) is 4.30. The summed E-state index contributed by atoms with van der Waals surface area (Å²) >= 11 is 0. The lowest BCUT2D eigenvalue weighted by Gasteiger charge is -2.33. The van der Waals surface area contributed by atoms with Crippen LogP contribution >= 0.6 is 0 Å². The van der Waals surface area contributed by atoms with E-state index in [-0.39, 0.29) is 18.9 Å². The van der Waals surface area contributed by atoms with Crippen LogP contribution in [0, 0.1) is 6.92 Å². The van der Waals surface area contributed by atoms with E-state index in [4.69, 9.17) is 4.74 Å². The van der Waals surface area contributed by atoms with Crippen molar-refractivity contribution in [1.29, 1.82) is 0 Å². The third-order valence-electron chi connectivity index (χ3n) is 5.88. The number of hydrogen-bond donors (Lipinski definition) is 2. The quantitative estimate of drug-likeness (QED) is 0.701. The van der Waals surface area contributed by atoms with Gasteiger partial charge in [-0.15, -0.1) is 0 Å². The normalized spacial score (nSPS) is 22.6. The molecule has 4 rings (SSSR count). The van der Waals surface area contributed by atoms with E-state index in [0.29, 0.717) is 12.8 Å². The molecular weight excluding hydrogens is 350 g/mol. The Labute approximate surface area is 166 Å². The largest absolute Gasteiger partial charge is 0.394 e. The predicted octanol–water partition coefficient (Wildman–Crippen LogP) is 4.13. The Morgan fingerprint density at radius 2 is 1.93 bits per heavy atom. The van der Waals surface area contributed by atoms with Gasteiger partial charge in [0.2, 0.25) is 0 Å². The summed E-state index contributed by atoms with van der Waals surface area (Å²) in [5.74, 6) is 0. The summed E-state index contributed by atoms with van der Waals surface area (Å²) in [6, 6.07) is 15.1. The number of nitrogens with zero attached hydrogens (tertiary/aromatic N) is 1. The number of aliphatic hydroxyl groups is 2. The van der Waals surface area contributed by atoms with Crippen molar-refractivity contribution in [2.45, 2.75) is 58.0 Å². The Bertz CT molecular complexity index is 962. The zero-order valence-electron chi connectivity index (χ0n) is 16.6. The fraction of sp³-hybridized carbons (Fsp3) is 0.417. The van der Waals surface area contributed by atoms with Gasteiger partial charge in [-0.2, -0.15) is 0 Å². The average molecular weight is 380 g/mol. The number of aromatic nitrogens is 1. The standard InChI is InChI=1S/C24H29NO3/c1-3-18-9-8-17(10-16(18)2)11-19-14-25(23-7-5-4-6-22(19)23)24-13-20(27)12-21(15-26)28-24/h4-10,14,20-21,24,26-27H,3,11-13,15H2,1-2H3/t20-,21-,24+/m0/s1. The minimum absolute atomic E-state index is 0.0668. The SMILES string of the molecule is CCc1ccc(Cc2cn([C@H]3C[C@@H](O)C[C@@H](CO)O3)c3ccccc23)cc1C. The van der Waals surface area contributed by atoms with Crippen molar-refractivity contribution in [2.75, 3.05) is 6.61 Å². The highest BCUT2D eigenvalue weighted by atomic mass is 16.5. The Hall–Kier alpha value is -2.14. The van der Waals surface area contributed by atoms with E-state index in [1.54, 1.807) is 0 Å². The van der Waals surface area contributed by atoms with Crippen molar-refractivity contribution < 1.29 is 14.9 Å². The van der Waals surface area contributed by atoms with Crippen LogP contribution in [0.15, 0.2) is 48.7 Å². The number of benzene rings is 2. The van der Waals surface area contributed by atoms with Crippen LogP contribution in [0.1, 0.15) is 48.2 Å². The summed E-state index contributed by atoms with van der Waals surface area (Å²) in [5, 5.41) is 21.0. The van der Waals surface area contributed by atoms with Crippen LogP contribution in [-0.2, 0) is 17.6 Å². The fourth-order valence-corrected chi connectivity index (χ4v) is 4.40. The van der Waals surface area contributed by atoms with Crippen LogP contribution < -0.4 is 0 Å². The third-order valence-corrected chi connectivity index (χ3v) is 5.88. The molecule has 1 aliphatic rings. The summed E-state index contributed by atoms with van der Waals surface area (Å²) in [5.41, 5.74) is 6.40. The number of hydrogen-bond acceptors (Lipinski definition) is 3. The van der Waals surface area contributed by atoms with E-state index in [1.807, 2.05) is 6.07 Å². The zero-order valence-corrected chi connectivity index (χ0v) is 16.6. The van der Waals surface area contributed by atoms with Crippen molar-refractivity contribution in [1.82, 2.24) is 4.57 Å². The van der Waals surface area contributed by atoms with Crippen LogP contribution in [0.25, 0.3) is 10.9 Å². The maximum Gasteiger partial charge on any atom is 0.136 e. The zero-order chi connectivity index (χ0) is 19.7.